The van der Waals surface area contributed by atoms with E-state index in [-0.39, 0.29) is 12.5 Å². The molecule has 0 spiro atoms. The molecule has 1 rings (SSSR count). The Balaban J connectivity index is 2.27. The number of carbonyl (C=O) groups excluding carboxylic acids is 1. The van der Waals surface area contributed by atoms with Crippen LogP contribution in [0.3, 0.4) is 0 Å². The normalized spacial score (nSPS) is 10.2. The van der Waals surface area contributed by atoms with Crippen LogP contribution in [0.1, 0.15) is 24.0 Å². The van der Waals surface area contributed by atoms with Crippen molar-refractivity contribution < 1.29 is 14.6 Å². The van der Waals surface area contributed by atoms with Crippen LogP contribution in [0.25, 0.3) is 0 Å². The van der Waals surface area contributed by atoms with Gasteiger partial charge in [0.2, 0.25) is 5.91 Å². The van der Waals surface area contributed by atoms with E-state index in [2.05, 4.69) is 5.32 Å². The molecule has 94 valence electrons. The van der Waals surface area contributed by atoms with Gasteiger partial charge in [-0.15, -0.1) is 0 Å². The first-order valence-corrected chi connectivity index (χ1v) is 5.70. The number of hydrogen-bond donors (Lipinski definition) is 2. The molecule has 0 unspecified atom stereocenters. The Morgan fingerprint density at radius 3 is 2.53 bits per heavy atom. The van der Waals surface area contributed by atoms with E-state index in [1.165, 1.54) is 0 Å². The first-order valence-electron chi connectivity index (χ1n) is 5.70. The first-order chi connectivity index (χ1) is 8.26. The van der Waals surface area contributed by atoms with E-state index in [4.69, 9.17) is 9.84 Å². The van der Waals surface area contributed by atoms with E-state index in [0.717, 1.165) is 17.5 Å². The van der Waals surface area contributed by atoms with Gasteiger partial charge in [-0.2, -0.15) is 0 Å². The van der Waals surface area contributed by atoms with Gasteiger partial charge in [0.25, 0.3) is 0 Å². The number of nitrogens with one attached hydrogen (secondary N) is 1. The summed E-state index contributed by atoms with van der Waals surface area (Å²) >= 11 is 0. The van der Waals surface area contributed by atoms with Crippen molar-refractivity contribution in [3.05, 3.63) is 35.4 Å². The van der Waals surface area contributed by atoms with E-state index < -0.39 is 0 Å². The van der Waals surface area contributed by atoms with E-state index in [0.29, 0.717) is 19.6 Å². The van der Waals surface area contributed by atoms with Crippen LogP contribution in [0.5, 0.6) is 0 Å². The zero-order chi connectivity index (χ0) is 12.5. The van der Waals surface area contributed by atoms with Gasteiger partial charge in [0.05, 0.1) is 6.61 Å². The number of rotatable bonds is 7. The largest absolute Gasteiger partial charge is 0.392 e. The van der Waals surface area contributed by atoms with Crippen molar-refractivity contribution >= 4 is 5.91 Å². The Labute approximate surface area is 102 Å². The van der Waals surface area contributed by atoms with Gasteiger partial charge in [-0.05, 0) is 17.5 Å². The fourth-order valence-electron chi connectivity index (χ4n) is 1.43. The molecule has 0 aromatic heterocycles. The standard InChI is InChI=1S/C13H19NO3/c1-17-8-2-3-13(16)14-9-11-4-6-12(10-15)7-5-11/h4-7,15H,2-3,8-10H2,1H3,(H,14,16). The summed E-state index contributed by atoms with van der Waals surface area (Å²) in [7, 11) is 1.63. The number of carbonyl (C=O) groups is 1. The molecule has 1 aromatic rings. The smallest absolute Gasteiger partial charge is 0.220 e. The lowest BCUT2D eigenvalue weighted by atomic mass is 10.1. The summed E-state index contributed by atoms with van der Waals surface area (Å²) in [6, 6.07) is 7.51. The second kappa shape index (κ2) is 7.81. The highest BCUT2D eigenvalue weighted by Gasteiger charge is 2.01. The molecule has 2 N–H and O–H groups in total. The fraction of sp³-hybridized carbons (Fsp3) is 0.462. The van der Waals surface area contributed by atoms with Crippen LogP contribution in [-0.4, -0.2) is 24.7 Å². The molecular formula is C13H19NO3. The minimum atomic E-state index is 0.0354. The molecule has 0 saturated heterocycles. The van der Waals surface area contributed by atoms with Crippen LogP contribution in [0.15, 0.2) is 24.3 Å². The molecule has 0 fully saturated rings. The SMILES string of the molecule is COCCCC(=O)NCc1ccc(CO)cc1. The fourth-order valence-corrected chi connectivity index (χ4v) is 1.43. The van der Waals surface area contributed by atoms with Gasteiger partial charge in [-0.3, -0.25) is 4.79 Å². The Kier molecular flexibility index (Phi) is 6.29. The number of amides is 1. The molecule has 0 aliphatic heterocycles. The maximum Gasteiger partial charge on any atom is 0.220 e. The van der Waals surface area contributed by atoms with Gasteiger partial charge in [-0.1, -0.05) is 24.3 Å². The van der Waals surface area contributed by atoms with E-state index in [1.54, 1.807) is 7.11 Å². The third kappa shape index (κ3) is 5.47. The van der Waals surface area contributed by atoms with Crippen LogP contribution in [0.4, 0.5) is 0 Å². The zero-order valence-electron chi connectivity index (χ0n) is 10.1. The molecular weight excluding hydrogens is 218 g/mol. The van der Waals surface area contributed by atoms with Crippen LogP contribution >= 0.6 is 0 Å². The molecule has 4 heteroatoms. The summed E-state index contributed by atoms with van der Waals surface area (Å²) in [5.41, 5.74) is 1.91. The van der Waals surface area contributed by atoms with Crippen molar-refractivity contribution in [3.63, 3.8) is 0 Å². The molecule has 4 nitrogen and oxygen atoms in total. The van der Waals surface area contributed by atoms with Crippen molar-refractivity contribution in [1.29, 1.82) is 0 Å². The molecule has 17 heavy (non-hydrogen) atoms. The van der Waals surface area contributed by atoms with Crippen molar-refractivity contribution in [2.75, 3.05) is 13.7 Å². The van der Waals surface area contributed by atoms with Crippen molar-refractivity contribution in [1.82, 2.24) is 5.32 Å². The maximum atomic E-state index is 11.4. The number of aliphatic hydroxyl groups is 1. The Hall–Kier alpha value is -1.39. The third-order valence-electron chi connectivity index (χ3n) is 2.45. The molecule has 0 saturated carbocycles. The third-order valence-corrected chi connectivity index (χ3v) is 2.45. The first kappa shape index (κ1) is 13.7. The highest BCUT2D eigenvalue weighted by atomic mass is 16.5. The van der Waals surface area contributed by atoms with E-state index in [9.17, 15) is 4.79 Å². The van der Waals surface area contributed by atoms with Gasteiger partial charge in [0.1, 0.15) is 0 Å². The predicted molar refractivity (Wildman–Crippen MR) is 65.3 cm³/mol. The molecule has 1 aromatic carbocycles. The lowest BCUT2D eigenvalue weighted by molar-refractivity contribution is -0.121. The van der Waals surface area contributed by atoms with Gasteiger partial charge in [0, 0.05) is 26.7 Å². The minimum Gasteiger partial charge on any atom is -0.392 e. The highest BCUT2D eigenvalue weighted by Crippen LogP contribution is 2.04. The maximum absolute atomic E-state index is 11.4. The van der Waals surface area contributed by atoms with Crippen LogP contribution in [0, 0.1) is 0 Å². The van der Waals surface area contributed by atoms with Crippen LogP contribution in [0.2, 0.25) is 0 Å². The van der Waals surface area contributed by atoms with E-state index in [1.807, 2.05) is 24.3 Å². The van der Waals surface area contributed by atoms with Crippen LogP contribution in [-0.2, 0) is 22.7 Å². The average Bonchev–Trinajstić information content (AvgIpc) is 2.37. The Morgan fingerprint density at radius 2 is 1.94 bits per heavy atom. The van der Waals surface area contributed by atoms with Crippen molar-refractivity contribution in [2.45, 2.75) is 26.0 Å². The number of aliphatic hydroxyl groups excluding tert-OH is 1. The number of ether oxygens (including phenoxy) is 1. The predicted octanol–water partition coefficient (Wildman–Crippen LogP) is 1.22. The Morgan fingerprint density at radius 1 is 1.29 bits per heavy atom. The lowest BCUT2D eigenvalue weighted by Crippen LogP contribution is -2.22. The van der Waals surface area contributed by atoms with Crippen LogP contribution < -0.4 is 5.32 Å². The summed E-state index contributed by atoms with van der Waals surface area (Å²) in [6.45, 7) is 1.18. The number of hydrogen-bond acceptors (Lipinski definition) is 3. The number of methoxy groups -OCH3 is 1. The lowest BCUT2D eigenvalue weighted by Gasteiger charge is -2.05. The van der Waals surface area contributed by atoms with Crippen molar-refractivity contribution in [3.8, 4) is 0 Å². The summed E-state index contributed by atoms with van der Waals surface area (Å²) < 4.78 is 4.88. The average molecular weight is 237 g/mol. The number of benzene rings is 1. The summed E-state index contributed by atoms with van der Waals surface area (Å²) in [5, 5.41) is 11.7. The molecule has 0 radical (unpaired) electrons. The van der Waals surface area contributed by atoms with Gasteiger partial charge >= 0.3 is 0 Å². The van der Waals surface area contributed by atoms with Gasteiger partial charge in [-0.25, -0.2) is 0 Å². The summed E-state index contributed by atoms with van der Waals surface area (Å²) in [5.74, 6) is 0.0354. The monoisotopic (exact) mass is 237 g/mol. The zero-order valence-corrected chi connectivity index (χ0v) is 10.1. The van der Waals surface area contributed by atoms with Gasteiger partial charge in [0.15, 0.2) is 0 Å². The quantitative estimate of drug-likeness (QED) is 0.701. The summed E-state index contributed by atoms with van der Waals surface area (Å²) in [6.07, 6.45) is 1.23. The topological polar surface area (TPSA) is 58.6 Å². The van der Waals surface area contributed by atoms with Crippen molar-refractivity contribution in [2.24, 2.45) is 0 Å². The molecule has 0 bridgehead atoms. The second-order valence-corrected chi connectivity index (χ2v) is 3.85. The molecule has 0 atom stereocenters. The molecule has 1 amide bonds. The molecule has 0 heterocycles. The second-order valence-electron chi connectivity index (χ2n) is 3.85. The molecule has 0 aliphatic carbocycles. The van der Waals surface area contributed by atoms with E-state index >= 15 is 0 Å². The Bertz CT molecular complexity index is 335. The minimum absolute atomic E-state index is 0.0354. The van der Waals surface area contributed by atoms with Gasteiger partial charge < -0.3 is 15.2 Å². The molecule has 0 aliphatic rings. The summed E-state index contributed by atoms with van der Waals surface area (Å²) in [4.78, 5) is 11.4. The highest BCUT2D eigenvalue weighted by molar-refractivity contribution is 5.75.